The van der Waals surface area contributed by atoms with Crippen LogP contribution in [0.25, 0.3) is 10.8 Å². The molecule has 0 radical (unpaired) electrons. The molecule has 0 amide bonds. The number of hydrogen-bond acceptors (Lipinski definition) is 1. The van der Waals surface area contributed by atoms with Crippen molar-refractivity contribution in [2.24, 2.45) is 0 Å². The Morgan fingerprint density at radius 3 is 2.67 bits per heavy atom. The van der Waals surface area contributed by atoms with Crippen LogP contribution in [0.15, 0.2) is 48.5 Å². The van der Waals surface area contributed by atoms with Crippen LogP contribution in [-0.4, -0.2) is 6.61 Å². The molecule has 1 aliphatic carbocycles. The molecule has 0 spiro atoms. The van der Waals surface area contributed by atoms with Crippen molar-refractivity contribution in [3.05, 3.63) is 76.3 Å². The van der Waals surface area contributed by atoms with E-state index in [1.165, 1.54) is 39.4 Å². The first-order chi connectivity index (χ1) is 11.7. The molecule has 0 bridgehead atoms. The maximum Gasteiger partial charge on any atom is 0.130 e. The minimum absolute atomic E-state index is 0.658. The Morgan fingerprint density at radius 1 is 0.917 bits per heavy atom. The van der Waals surface area contributed by atoms with Gasteiger partial charge in [-0.25, -0.2) is 0 Å². The molecule has 2 atom stereocenters. The highest BCUT2D eigenvalue weighted by Gasteiger charge is 2.42. The van der Waals surface area contributed by atoms with Crippen molar-refractivity contribution < 1.29 is 4.74 Å². The highest BCUT2D eigenvalue weighted by molar-refractivity contribution is 5.91. The van der Waals surface area contributed by atoms with Crippen molar-refractivity contribution in [2.75, 3.05) is 6.61 Å². The monoisotopic (exact) mass is 314 g/mol. The summed E-state index contributed by atoms with van der Waals surface area (Å²) in [5.74, 6) is 2.48. The predicted octanol–water partition coefficient (Wildman–Crippen LogP) is 5.66. The summed E-state index contributed by atoms with van der Waals surface area (Å²) in [6, 6.07) is 18.0. The molecule has 3 aromatic rings. The third kappa shape index (κ3) is 2.07. The predicted molar refractivity (Wildman–Crippen MR) is 99.2 cm³/mol. The van der Waals surface area contributed by atoms with Gasteiger partial charge in [-0.1, -0.05) is 54.1 Å². The van der Waals surface area contributed by atoms with Gasteiger partial charge in [-0.05, 0) is 54.2 Å². The fourth-order valence-electron chi connectivity index (χ4n) is 4.43. The first-order valence-electron chi connectivity index (χ1n) is 8.97. The average molecular weight is 314 g/mol. The SMILES string of the molecule is Cc1ccc(C)c([C@H]2C[C@H]2c2cc3ccccc3c3c2CCO3)c1. The van der Waals surface area contributed by atoms with Gasteiger partial charge >= 0.3 is 0 Å². The molecule has 1 heterocycles. The normalized spacial score (nSPS) is 21.6. The second-order valence-electron chi connectivity index (χ2n) is 7.40. The number of fused-ring (bicyclic) bond motifs is 3. The lowest BCUT2D eigenvalue weighted by atomic mass is 9.93. The van der Waals surface area contributed by atoms with E-state index >= 15 is 0 Å². The average Bonchev–Trinajstić information content (AvgIpc) is 3.22. The number of benzene rings is 3. The molecular weight excluding hydrogens is 292 g/mol. The van der Waals surface area contributed by atoms with Crippen LogP contribution in [0.3, 0.4) is 0 Å². The fraction of sp³-hybridized carbons (Fsp3) is 0.304. The standard InChI is InChI=1S/C23H22O/c1-14-7-8-15(2)19(11-14)21-13-22(21)20-12-16-5-3-4-6-17(16)23-18(20)9-10-24-23/h3-8,11-12,21-22H,9-10,13H2,1-2H3/t21-,22+/m1/s1. The number of aryl methyl sites for hydroxylation is 2. The van der Waals surface area contributed by atoms with Crippen LogP contribution in [0, 0.1) is 13.8 Å². The Labute approximate surface area is 143 Å². The molecular formula is C23H22O. The van der Waals surface area contributed by atoms with Gasteiger partial charge in [0.05, 0.1) is 6.61 Å². The third-order valence-electron chi connectivity index (χ3n) is 5.76. The molecule has 3 aromatic carbocycles. The van der Waals surface area contributed by atoms with Gasteiger partial charge in [0.15, 0.2) is 0 Å². The second-order valence-corrected chi connectivity index (χ2v) is 7.40. The zero-order valence-corrected chi connectivity index (χ0v) is 14.3. The first kappa shape index (κ1) is 14.1. The second kappa shape index (κ2) is 5.11. The summed E-state index contributed by atoms with van der Waals surface area (Å²) in [6.07, 6.45) is 2.33. The number of hydrogen-bond donors (Lipinski definition) is 0. The van der Waals surface area contributed by atoms with Crippen molar-refractivity contribution in [1.29, 1.82) is 0 Å². The summed E-state index contributed by atoms with van der Waals surface area (Å²) in [4.78, 5) is 0. The molecule has 0 saturated heterocycles. The Kier molecular flexibility index (Phi) is 3.00. The van der Waals surface area contributed by atoms with Gasteiger partial charge in [-0.3, -0.25) is 0 Å². The maximum atomic E-state index is 6.01. The largest absolute Gasteiger partial charge is 0.492 e. The summed E-state index contributed by atoms with van der Waals surface area (Å²) in [7, 11) is 0. The van der Waals surface area contributed by atoms with E-state index in [4.69, 9.17) is 4.74 Å². The van der Waals surface area contributed by atoms with Crippen molar-refractivity contribution in [1.82, 2.24) is 0 Å². The van der Waals surface area contributed by atoms with E-state index in [1.807, 2.05) is 0 Å². The lowest BCUT2D eigenvalue weighted by molar-refractivity contribution is 0.360. The van der Waals surface area contributed by atoms with Gasteiger partial charge in [0.25, 0.3) is 0 Å². The van der Waals surface area contributed by atoms with E-state index in [9.17, 15) is 0 Å². The molecule has 24 heavy (non-hydrogen) atoms. The smallest absolute Gasteiger partial charge is 0.130 e. The van der Waals surface area contributed by atoms with Gasteiger partial charge in [0.2, 0.25) is 0 Å². The van der Waals surface area contributed by atoms with Crippen molar-refractivity contribution >= 4 is 10.8 Å². The van der Waals surface area contributed by atoms with E-state index in [0.29, 0.717) is 11.8 Å². The van der Waals surface area contributed by atoms with Crippen LogP contribution in [0.5, 0.6) is 5.75 Å². The lowest BCUT2D eigenvalue weighted by Crippen LogP contribution is -1.94. The molecule has 120 valence electrons. The summed E-state index contributed by atoms with van der Waals surface area (Å²) in [5, 5.41) is 2.59. The lowest BCUT2D eigenvalue weighted by Gasteiger charge is -2.12. The molecule has 1 aliphatic heterocycles. The van der Waals surface area contributed by atoms with E-state index in [-0.39, 0.29) is 0 Å². The molecule has 1 saturated carbocycles. The van der Waals surface area contributed by atoms with E-state index < -0.39 is 0 Å². The van der Waals surface area contributed by atoms with Crippen molar-refractivity contribution in [2.45, 2.75) is 38.5 Å². The Morgan fingerprint density at radius 2 is 1.75 bits per heavy atom. The molecule has 1 nitrogen and oxygen atoms in total. The van der Waals surface area contributed by atoms with Crippen LogP contribution in [0.2, 0.25) is 0 Å². The highest BCUT2D eigenvalue weighted by atomic mass is 16.5. The minimum atomic E-state index is 0.658. The van der Waals surface area contributed by atoms with Crippen LogP contribution in [0.1, 0.15) is 46.1 Å². The van der Waals surface area contributed by atoms with Crippen LogP contribution in [-0.2, 0) is 6.42 Å². The first-order valence-corrected chi connectivity index (χ1v) is 8.97. The molecule has 0 aromatic heterocycles. The molecule has 1 heteroatoms. The molecule has 0 unspecified atom stereocenters. The zero-order chi connectivity index (χ0) is 16.3. The molecule has 5 rings (SSSR count). The van der Waals surface area contributed by atoms with Crippen molar-refractivity contribution in [3.8, 4) is 5.75 Å². The van der Waals surface area contributed by atoms with Crippen molar-refractivity contribution in [3.63, 3.8) is 0 Å². The van der Waals surface area contributed by atoms with Crippen LogP contribution in [0.4, 0.5) is 0 Å². The Balaban J connectivity index is 1.60. The van der Waals surface area contributed by atoms with Gasteiger partial charge in [0.1, 0.15) is 5.75 Å². The number of ether oxygens (including phenoxy) is 1. The van der Waals surface area contributed by atoms with Gasteiger partial charge in [0, 0.05) is 17.4 Å². The van der Waals surface area contributed by atoms with Crippen LogP contribution >= 0.6 is 0 Å². The van der Waals surface area contributed by atoms with Gasteiger partial charge < -0.3 is 4.74 Å². The van der Waals surface area contributed by atoms with Crippen LogP contribution < -0.4 is 4.74 Å². The topological polar surface area (TPSA) is 9.23 Å². The third-order valence-corrected chi connectivity index (χ3v) is 5.76. The maximum absolute atomic E-state index is 6.01. The van der Waals surface area contributed by atoms with E-state index in [1.54, 1.807) is 5.56 Å². The van der Waals surface area contributed by atoms with E-state index in [2.05, 4.69) is 62.4 Å². The minimum Gasteiger partial charge on any atom is -0.492 e. The quantitative estimate of drug-likeness (QED) is 0.593. The van der Waals surface area contributed by atoms with E-state index in [0.717, 1.165) is 18.8 Å². The Hall–Kier alpha value is -2.28. The zero-order valence-electron chi connectivity index (χ0n) is 14.3. The summed E-state index contributed by atoms with van der Waals surface area (Å²) >= 11 is 0. The molecule has 0 N–H and O–H groups in total. The Bertz CT molecular complexity index is 954. The summed E-state index contributed by atoms with van der Waals surface area (Å²) in [6.45, 7) is 5.27. The summed E-state index contributed by atoms with van der Waals surface area (Å²) < 4.78 is 6.01. The van der Waals surface area contributed by atoms with Gasteiger partial charge in [-0.15, -0.1) is 0 Å². The van der Waals surface area contributed by atoms with Gasteiger partial charge in [-0.2, -0.15) is 0 Å². The molecule has 1 fully saturated rings. The highest BCUT2D eigenvalue weighted by Crippen LogP contribution is 2.58. The molecule has 2 aliphatic rings. The number of rotatable bonds is 2. The fourth-order valence-corrected chi connectivity index (χ4v) is 4.43. The summed E-state index contributed by atoms with van der Waals surface area (Å²) in [5.41, 5.74) is 7.34.